The number of amides is 2. The van der Waals surface area contributed by atoms with Crippen LogP contribution in [0.25, 0.3) is 11.6 Å². The molecule has 7 nitrogen and oxygen atoms in total. The second-order valence-electron chi connectivity index (χ2n) is 11.3. The average molecular weight is 565 g/mol. The fraction of sp³-hybridized carbons (Fsp3) is 0.469. The van der Waals surface area contributed by atoms with E-state index in [1.54, 1.807) is 18.3 Å². The highest BCUT2D eigenvalue weighted by atomic mass is 35.5. The Morgan fingerprint density at radius 1 is 1.15 bits per heavy atom. The number of carbonyl (C=O) groups is 2. The molecule has 1 aromatic carbocycles. The van der Waals surface area contributed by atoms with Crippen LogP contribution in [0.5, 0.6) is 5.75 Å². The lowest BCUT2D eigenvalue weighted by atomic mass is 9.68. The maximum absolute atomic E-state index is 13.6. The Labute approximate surface area is 240 Å². The summed E-state index contributed by atoms with van der Waals surface area (Å²) in [5.41, 5.74) is 3.88. The monoisotopic (exact) mass is 564 g/mol. The summed E-state index contributed by atoms with van der Waals surface area (Å²) < 4.78 is 0. The Morgan fingerprint density at radius 3 is 2.60 bits per heavy atom. The quantitative estimate of drug-likeness (QED) is 0.293. The fourth-order valence-electron chi connectivity index (χ4n) is 6.94. The zero-order chi connectivity index (χ0) is 28.4. The number of carbonyl (C=O) groups excluding carboxylic acids is 2. The minimum Gasteiger partial charge on any atom is -0.508 e. The molecular weight excluding hydrogens is 528 g/mol. The number of aliphatic hydroxyl groups excluding tert-OH is 2. The van der Waals surface area contributed by atoms with E-state index in [4.69, 9.17) is 11.6 Å². The first-order chi connectivity index (χ1) is 19.3. The predicted molar refractivity (Wildman–Crippen MR) is 154 cm³/mol. The van der Waals surface area contributed by atoms with Crippen molar-refractivity contribution in [2.45, 2.75) is 70.4 Å². The minimum absolute atomic E-state index is 0.0508. The number of aromatic hydroxyl groups is 1. The van der Waals surface area contributed by atoms with Gasteiger partial charge in [0.1, 0.15) is 5.75 Å². The van der Waals surface area contributed by atoms with Crippen LogP contribution >= 0.6 is 11.6 Å². The second kappa shape index (κ2) is 12.2. The molecule has 1 aromatic heterocycles. The second-order valence-corrected chi connectivity index (χ2v) is 11.8. The van der Waals surface area contributed by atoms with Crippen LogP contribution < -0.4 is 0 Å². The van der Waals surface area contributed by atoms with E-state index in [1.807, 2.05) is 31.2 Å². The van der Waals surface area contributed by atoms with Crippen molar-refractivity contribution in [3.63, 3.8) is 0 Å². The van der Waals surface area contributed by atoms with Gasteiger partial charge in [-0.25, -0.2) is 0 Å². The van der Waals surface area contributed by atoms with Crippen LogP contribution in [0.1, 0.15) is 69.5 Å². The number of pyridine rings is 1. The first-order valence-electron chi connectivity index (χ1n) is 14.3. The molecular formula is C32H37ClN2O5. The van der Waals surface area contributed by atoms with Crippen LogP contribution in [-0.2, 0) is 9.59 Å². The van der Waals surface area contributed by atoms with Crippen molar-refractivity contribution < 1.29 is 24.9 Å². The van der Waals surface area contributed by atoms with Crippen molar-refractivity contribution in [1.82, 2.24) is 9.88 Å². The molecule has 3 N–H and O–H groups in total. The van der Waals surface area contributed by atoms with Crippen molar-refractivity contribution in [1.29, 1.82) is 0 Å². The summed E-state index contributed by atoms with van der Waals surface area (Å²) in [6.45, 7) is 1.61. The summed E-state index contributed by atoms with van der Waals surface area (Å²) in [5, 5.41) is 32.1. The third-order valence-corrected chi connectivity index (χ3v) is 9.18. The molecule has 212 valence electrons. The van der Waals surface area contributed by atoms with E-state index in [-0.39, 0.29) is 30.2 Å². The molecule has 40 heavy (non-hydrogen) atoms. The van der Waals surface area contributed by atoms with E-state index < -0.39 is 23.9 Å². The van der Waals surface area contributed by atoms with Crippen LogP contribution in [0, 0.1) is 17.8 Å². The van der Waals surface area contributed by atoms with Crippen molar-refractivity contribution in [3.05, 3.63) is 70.0 Å². The molecule has 0 radical (unpaired) electrons. The van der Waals surface area contributed by atoms with Crippen LogP contribution in [0.4, 0.5) is 0 Å². The van der Waals surface area contributed by atoms with Crippen molar-refractivity contribution >= 4 is 35.1 Å². The van der Waals surface area contributed by atoms with Crippen molar-refractivity contribution in [2.75, 3.05) is 6.61 Å². The molecule has 5 rings (SSSR count). The van der Waals surface area contributed by atoms with Crippen LogP contribution in [0.15, 0.2) is 53.7 Å². The van der Waals surface area contributed by atoms with Crippen molar-refractivity contribution in [3.8, 4) is 5.75 Å². The third-order valence-electron chi connectivity index (χ3n) is 8.85. The van der Waals surface area contributed by atoms with E-state index in [9.17, 15) is 24.9 Å². The summed E-state index contributed by atoms with van der Waals surface area (Å²) in [7, 11) is 0. The van der Waals surface area contributed by atoms with E-state index >= 15 is 0 Å². The molecule has 4 atom stereocenters. The van der Waals surface area contributed by atoms with Crippen LogP contribution in [0.2, 0.25) is 5.02 Å². The number of imide groups is 1. The van der Waals surface area contributed by atoms with Gasteiger partial charge >= 0.3 is 0 Å². The molecule has 1 saturated heterocycles. The molecule has 0 spiro atoms. The smallest absolute Gasteiger partial charge is 0.234 e. The number of phenols is 1. The topological polar surface area (TPSA) is 111 Å². The average Bonchev–Trinajstić information content (AvgIpc) is 3.20. The highest BCUT2D eigenvalue weighted by Gasteiger charge is 2.55. The summed E-state index contributed by atoms with van der Waals surface area (Å²) in [6, 6.07) is 10.3. The molecule has 0 bridgehead atoms. The van der Waals surface area contributed by atoms with Gasteiger partial charge in [-0.3, -0.25) is 19.5 Å². The molecule has 2 amide bonds. The number of aromatic nitrogens is 1. The number of nitrogens with zero attached hydrogens (tertiary/aromatic N) is 2. The number of phenolic OH excluding ortho intramolecular Hbond substituents is 1. The highest BCUT2D eigenvalue weighted by molar-refractivity contribution is 6.32. The molecule has 8 heteroatoms. The van der Waals surface area contributed by atoms with E-state index in [0.717, 1.165) is 54.5 Å². The lowest BCUT2D eigenvalue weighted by Gasteiger charge is -2.35. The molecule has 2 aliphatic carbocycles. The van der Waals surface area contributed by atoms with E-state index in [1.165, 1.54) is 11.0 Å². The van der Waals surface area contributed by atoms with Gasteiger partial charge < -0.3 is 15.3 Å². The van der Waals surface area contributed by atoms with E-state index in [0.29, 0.717) is 29.9 Å². The van der Waals surface area contributed by atoms with Crippen LogP contribution in [-0.4, -0.2) is 55.8 Å². The lowest BCUT2D eigenvalue weighted by molar-refractivity contribution is -0.143. The molecule has 1 aliphatic heterocycles. The standard InChI is InChI=1S/C32H37ClN2O5/c1-19-15-24-30(32(40)35(31(24)39)22-7-3-2-4-8-22)25(18-36)29(19)28(38)13-11-21(27-9-5-6-14-34-27)16-20-10-12-23(37)17-26(20)33/h5-6,9-10,12,14,16-17,22,24-25,28,30,36-38H,2-4,7-8,11,13,15,18H2,1H3/b21-16-/t24-,25+,28-,30-/m1/s1. The maximum atomic E-state index is 13.6. The summed E-state index contributed by atoms with van der Waals surface area (Å²) in [6.07, 6.45) is 8.78. The maximum Gasteiger partial charge on any atom is 0.234 e. The zero-order valence-electron chi connectivity index (χ0n) is 22.8. The molecule has 3 aliphatic rings. The first kappa shape index (κ1) is 28.5. The lowest BCUT2D eigenvalue weighted by Crippen LogP contribution is -2.42. The Morgan fingerprint density at radius 2 is 1.93 bits per heavy atom. The number of likely N-dealkylation sites (tertiary alicyclic amines) is 1. The van der Waals surface area contributed by atoms with E-state index in [2.05, 4.69) is 4.98 Å². The molecule has 2 fully saturated rings. The fourth-order valence-corrected chi connectivity index (χ4v) is 7.17. The number of hydrogen-bond donors (Lipinski definition) is 3. The van der Waals surface area contributed by atoms with Gasteiger partial charge in [-0.05, 0) is 92.1 Å². The highest BCUT2D eigenvalue weighted by Crippen LogP contribution is 2.47. The Hall–Kier alpha value is -3.00. The number of aliphatic hydroxyl groups is 2. The molecule has 2 heterocycles. The third kappa shape index (κ3) is 5.60. The summed E-state index contributed by atoms with van der Waals surface area (Å²) in [4.78, 5) is 33.1. The van der Waals surface area contributed by atoms with Gasteiger partial charge in [-0.1, -0.05) is 42.5 Å². The number of benzene rings is 1. The Kier molecular flexibility index (Phi) is 8.74. The number of halogens is 1. The van der Waals surface area contributed by atoms with Crippen molar-refractivity contribution in [2.24, 2.45) is 17.8 Å². The molecule has 2 aromatic rings. The number of hydrogen-bond acceptors (Lipinski definition) is 6. The SMILES string of the molecule is CC1=C([C@H](O)CC/C(=C/c2ccc(O)cc2Cl)c2ccccn2)[C@H](CO)[C@@H]2C(=O)N(C3CCCCC3)C(=O)[C@@H]2C1. The largest absolute Gasteiger partial charge is 0.508 e. The van der Waals surface area contributed by atoms with Crippen LogP contribution in [0.3, 0.4) is 0 Å². The van der Waals surface area contributed by atoms with Gasteiger partial charge in [0.25, 0.3) is 0 Å². The van der Waals surface area contributed by atoms with Gasteiger partial charge in [-0.2, -0.15) is 0 Å². The molecule has 1 saturated carbocycles. The molecule has 0 unspecified atom stereocenters. The Bertz CT molecular complexity index is 1320. The van der Waals surface area contributed by atoms with Gasteiger partial charge in [0.2, 0.25) is 11.8 Å². The summed E-state index contributed by atoms with van der Waals surface area (Å²) in [5.74, 6) is -1.91. The zero-order valence-corrected chi connectivity index (χ0v) is 23.6. The predicted octanol–water partition coefficient (Wildman–Crippen LogP) is 5.38. The van der Waals surface area contributed by atoms with Gasteiger partial charge in [-0.15, -0.1) is 0 Å². The normalized spacial score (nSPS) is 24.9. The Balaban J connectivity index is 1.38. The minimum atomic E-state index is -0.896. The van der Waals surface area contributed by atoms with Gasteiger partial charge in [0, 0.05) is 18.2 Å². The number of fused-ring (bicyclic) bond motifs is 1. The first-order valence-corrected chi connectivity index (χ1v) is 14.6. The summed E-state index contributed by atoms with van der Waals surface area (Å²) >= 11 is 6.37. The van der Waals surface area contributed by atoms with Gasteiger partial charge in [0.05, 0.1) is 35.3 Å². The number of rotatable bonds is 8. The number of allylic oxidation sites excluding steroid dienone is 2. The van der Waals surface area contributed by atoms with Gasteiger partial charge in [0.15, 0.2) is 0 Å².